The van der Waals surface area contributed by atoms with Gasteiger partial charge in [0, 0.05) is 19.6 Å². The minimum atomic E-state index is -0.824. The van der Waals surface area contributed by atoms with Gasteiger partial charge < -0.3 is 30.3 Å². The second-order valence-corrected chi connectivity index (χ2v) is 11.5. The largest absolute Gasteiger partial charge is 0.497 e. The first-order valence-corrected chi connectivity index (χ1v) is 14.9. The number of likely N-dealkylation sites (N-methyl/N-ethyl adjacent to an activating group) is 1. The molecule has 0 bridgehead atoms. The quantitative estimate of drug-likeness (QED) is 0.396. The number of rotatable bonds is 10. The van der Waals surface area contributed by atoms with Crippen molar-refractivity contribution in [2.24, 2.45) is 5.92 Å². The molecule has 0 radical (unpaired) electrons. The molecule has 0 saturated carbocycles. The Hall–Kier alpha value is -3.63. The topological polar surface area (TPSA) is 112 Å². The Kier molecular flexibility index (Phi) is 10.8. The van der Waals surface area contributed by atoms with Crippen LogP contribution in [0, 0.1) is 5.92 Å². The first-order chi connectivity index (χ1) is 20.2. The summed E-state index contributed by atoms with van der Waals surface area (Å²) in [5.41, 5.74) is 3.40. The summed E-state index contributed by atoms with van der Waals surface area (Å²) in [7, 11) is 3.34. The molecule has 4 rings (SSSR count). The third-order valence-electron chi connectivity index (χ3n) is 8.20. The zero-order valence-corrected chi connectivity index (χ0v) is 25.4. The number of ether oxygens (including phenoxy) is 2. The molecule has 1 heterocycles. The van der Waals surface area contributed by atoms with Crippen LogP contribution >= 0.6 is 0 Å². The average molecular weight is 580 g/mol. The summed E-state index contributed by atoms with van der Waals surface area (Å²) in [5.74, 6) is 0.0944. The lowest BCUT2D eigenvalue weighted by Gasteiger charge is -2.42. The second kappa shape index (κ2) is 14.5. The number of methoxy groups -OCH3 is 1. The van der Waals surface area contributed by atoms with Crippen LogP contribution in [-0.4, -0.2) is 79.8 Å². The zero-order chi connectivity index (χ0) is 30.2. The normalized spacial score (nSPS) is 20.3. The minimum Gasteiger partial charge on any atom is -0.497 e. The van der Waals surface area contributed by atoms with E-state index in [4.69, 9.17) is 9.47 Å². The average Bonchev–Trinajstić information content (AvgIpc) is 2.99. The predicted octanol–water partition coefficient (Wildman–Crippen LogP) is 3.22. The van der Waals surface area contributed by atoms with Crippen molar-refractivity contribution in [3.63, 3.8) is 0 Å². The molecule has 1 saturated heterocycles. The maximum atomic E-state index is 13.9. The molecule has 0 spiro atoms. The molecule has 2 aromatic rings. The number of amides is 3. The van der Waals surface area contributed by atoms with Gasteiger partial charge in [-0.1, -0.05) is 50.2 Å². The Bertz CT molecular complexity index is 1240. The van der Waals surface area contributed by atoms with E-state index in [1.54, 1.807) is 26.0 Å². The van der Waals surface area contributed by atoms with Crippen LogP contribution in [0.5, 0.6) is 5.75 Å². The predicted molar refractivity (Wildman–Crippen MR) is 161 cm³/mol. The maximum absolute atomic E-state index is 13.9. The molecular weight excluding hydrogens is 534 g/mol. The van der Waals surface area contributed by atoms with Crippen LogP contribution in [0.25, 0.3) is 0 Å². The minimum absolute atomic E-state index is 0.145. The summed E-state index contributed by atoms with van der Waals surface area (Å²) in [6.45, 7) is 7.43. The lowest BCUT2D eigenvalue weighted by atomic mass is 9.88. The standard InChI is InChI=1S/C32H45N5O5/c1-21(2)29(35-30(38)22(3)33-4)31(39)37-17-16-36(19-23-10-8-13-25(18-23)41-5)20-28(37)42-32(40)34-27-15-9-12-24-11-6-7-14-26(24)27/h6-8,10-11,13-14,18,21-22,27-29,33H,9,12,15-17,19-20H2,1-5H3,(H,34,40)(H,35,38)/t22-,27?,28-,29-/m0/s1. The number of nitrogens with zero attached hydrogens (tertiary/aromatic N) is 2. The number of carbonyl (C=O) groups is 3. The van der Waals surface area contributed by atoms with E-state index in [1.165, 1.54) is 5.56 Å². The molecule has 0 aromatic heterocycles. The van der Waals surface area contributed by atoms with E-state index < -0.39 is 24.4 Å². The molecule has 1 aliphatic carbocycles. The smallest absolute Gasteiger partial charge is 0.409 e. The second-order valence-electron chi connectivity index (χ2n) is 11.5. The van der Waals surface area contributed by atoms with Gasteiger partial charge in [0.25, 0.3) is 0 Å². The molecule has 2 aliphatic rings. The van der Waals surface area contributed by atoms with Gasteiger partial charge in [-0.3, -0.25) is 14.5 Å². The van der Waals surface area contributed by atoms with E-state index in [0.29, 0.717) is 26.2 Å². The summed E-state index contributed by atoms with van der Waals surface area (Å²) in [6.07, 6.45) is 1.41. The number of carbonyl (C=O) groups excluding carboxylic acids is 3. The molecule has 2 aromatic carbocycles. The van der Waals surface area contributed by atoms with Crippen molar-refractivity contribution in [3.8, 4) is 5.75 Å². The van der Waals surface area contributed by atoms with Crippen LogP contribution in [0.15, 0.2) is 48.5 Å². The summed E-state index contributed by atoms with van der Waals surface area (Å²) < 4.78 is 11.4. The van der Waals surface area contributed by atoms with Crippen LogP contribution < -0.4 is 20.7 Å². The number of hydrogen-bond donors (Lipinski definition) is 3. The molecule has 10 nitrogen and oxygen atoms in total. The molecule has 3 amide bonds. The number of fused-ring (bicyclic) bond motifs is 1. The SMILES string of the molecule is CN[C@@H](C)C(=O)N[C@H](C(=O)N1CCN(Cc2cccc(OC)c2)C[C@@H]1OC(=O)NC1CCCc2ccccc21)C(C)C. The number of aryl methyl sites for hydroxylation is 1. The molecule has 4 atom stereocenters. The highest BCUT2D eigenvalue weighted by atomic mass is 16.6. The van der Waals surface area contributed by atoms with Gasteiger partial charge in [0.05, 0.1) is 25.7 Å². The lowest BCUT2D eigenvalue weighted by Crippen LogP contribution is -2.62. The monoisotopic (exact) mass is 579 g/mol. The highest BCUT2D eigenvalue weighted by Gasteiger charge is 2.38. The van der Waals surface area contributed by atoms with E-state index in [2.05, 4.69) is 26.9 Å². The van der Waals surface area contributed by atoms with Crippen LogP contribution in [0.1, 0.15) is 56.3 Å². The van der Waals surface area contributed by atoms with Gasteiger partial charge in [-0.2, -0.15) is 0 Å². The number of benzene rings is 2. The van der Waals surface area contributed by atoms with Crippen LogP contribution in [0.3, 0.4) is 0 Å². The van der Waals surface area contributed by atoms with Crippen LogP contribution in [-0.2, 0) is 27.3 Å². The molecule has 1 fully saturated rings. The molecular formula is C32H45N5O5. The summed E-state index contributed by atoms with van der Waals surface area (Å²) in [4.78, 5) is 43.7. The fourth-order valence-electron chi connectivity index (χ4n) is 5.63. The molecule has 228 valence electrons. The zero-order valence-electron chi connectivity index (χ0n) is 25.4. The van der Waals surface area contributed by atoms with Crippen molar-refractivity contribution >= 4 is 17.9 Å². The van der Waals surface area contributed by atoms with Crippen molar-refractivity contribution in [2.45, 2.75) is 70.9 Å². The van der Waals surface area contributed by atoms with Gasteiger partial charge in [-0.15, -0.1) is 0 Å². The summed E-state index contributed by atoms with van der Waals surface area (Å²) in [6, 6.07) is 14.6. The van der Waals surface area contributed by atoms with E-state index >= 15 is 0 Å². The van der Waals surface area contributed by atoms with Gasteiger partial charge >= 0.3 is 6.09 Å². The van der Waals surface area contributed by atoms with Gasteiger partial charge in [0.15, 0.2) is 6.23 Å². The van der Waals surface area contributed by atoms with Crippen LogP contribution in [0.2, 0.25) is 0 Å². The third kappa shape index (κ3) is 7.80. The van der Waals surface area contributed by atoms with Gasteiger partial charge in [0.1, 0.15) is 11.8 Å². The number of piperazine rings is 1. The van der Waals surface area contributed by atoms with Gasteiger partial charge in [-0.25, -0.2) is 4.79 Å². The fourth-order valence-corrected chi connectivity index (χ4v) is 5.63. The number of hydrogen-bond acceptors (Lipinski definition) is 7. The third-order valence-corrected chi connectivity index (χ3v) is 8.20. The van der Waals surface area contributed by atoms with E-state index in [0.717, 1.165) is 36.1 Å². The molecule has 10 heteroatoms. The lowest BCUT2D eigenvalue weighted by molar-refractivity contribution is -0.153. The summed E-state index contributed by atoms with van der Waals surface area (Å²) in [5, 5.41) is 8.87. The van der Waals surface area contributed by atoms with Crippen molar-refractivity contribution < 1.29 is 23.9 Å². The van der Waals surface area contributed by atoms with Crippen molar-refractivity contribution in [2.75, 3.05) is 33.8 Å². The Morgan fingerprint density at radius 2 is 1.83 bits per heavy atom. The van der Waals surface area contributed by atoms with Crippen molar-refractivity contribution in [1.82, 2.24) is 25.8 Å². The molecule has 3 N–H and O–H groups in total. The fraction of sp³-hybridized carbons (Fsp3) is 0.531. The Labute approximate surface area is 249 Å². The Balaban J connectivity index is 1.52. The Morgan fingerprint density at radius 3 is 2.57 bits per heavy atom. The maximum Gasteiger partial charge on any atom is 0.409 e. The van der Waals surface area contributed by atoms with Crippen LogP contribution in [0.4, 0.5) is 4.79 Å². The number of nitrogens with one attached hydrogen (secondary N) is 3. The van der Waals surface area contributed by atoms with E-state index in [-0.39, 0.29) is 23.8 Å². The van der Waals surface area contributed by atoms with E-state index in [1.807, 2.05) is 56.3 Å². The summed E-state index contributed by atoms with van der Waals surface area (Å²) >= 11 is 0. The van der Waals surface area contributed by atoms with Gasteiger partial charge in [0.2, 0.25) is 11.8 Å². The molecule has 1 aliphatic heterocycles. The Morgan fingerprint density at radius 1 is 1.05 bits per heavy atom. The number of alkyl carbamates (subject to hydrolysis) is 1. The first-order valence-electron chi connectivity index (χ1n) is 14.9. The highest BCUT2D eigenvalue weighted by Crippen LogP contribution is 2.29. The first kappa shape index (κ1) is 31.3. The molecule has 42 heavy (non-hydrogen) atoms. The van der Waals surface area contributed by atoms with Gasteiger partial charge in [-0.05, 0) is 68.0 Å². The van der Waals surface area contributed by atoms with Crippen molar-refractivity contribution in [3.05, 3.63) is 65.2 Å². The highest BCUT2D eigenvalue weighted by molar-refractivity contribution is 5.90. The van der Waals surface area contributed by atoms with Crippen molar-refractivity contribution in [1.29, 1.82) is 0 Å². The molecule has 1 unspecified atom stereocenters. The van der Waals surface area contributed by atoms with E-state index in [9.17, 15) is 14.4 Å².